The summed E-state index contributed by atoms with van der Waals surface area (Å²) in [6, 6.07) is 16.8. The molecule has 2 aromatic carbocycles. The van der Waals surface area contributed by atoms with Gasteiger partial charge in [-0.25, -0.2) is 0 Å². The Morgan fingerprint density at radius 1 is 0.727 bits per heavy atom. The van der Waals surface area contributed by atoms with Crippen molar-refractivity contribution in [2.45, 2.75) is 51.6 Å². The zero-order valence-electron chi connectivity index (χ0n) is 13.7. The molecule has 1 N–H and O–H groups in total. The molecule has 0 saturated heterocycles. The summed E-state index contributed by atoms with van der Waals surface area (Å²) >= 11 is 0. The first-order valence-electron chi connectivity index (χ1n) is 8.47. The van der Waals surface area contributed by atoms with Gasteiger partial charge in [-0.2, -0.15) is 0 Å². The molecule has 1 nitrogen and oxygen atoms in total. The Balaban J connectivity index is 2.08. The Morgan fingerprint density at radius 3 is 1.55 bits per heavy atom. The van der Waals surface area contributed by atoms with Crippen molar-refractivity contribution in [3.05, 3.63) is 70.8 Å². The Hall–Kier alpha value is -1.60. The molecule has 1 heteroatoms. The number of benzene rings is 2. The van der Waals surface area contributed by atoms with Gasteiger partial charge in [-0.15, -0.1) is 0 Å². The highest BCUT2D eigenvalue weighted by molar-refractivity contribution is 5.39. The Bertz CT molecular complexity index is 558. The fraction of sp³-hybridized carbons (Fsp3) is 0.429. The van der Waals surface area contributed by atoms with Crippen LogP contribution in [0.25, 0.3) is 0 Å². The van der Waals surface area contributed by atoms with Gasteiger partial charge in [0.2, 0.25) is 0 Å². The second kappa shape index (κ2) is 6.26. The van der Waals surface area contributed by atoms with Crippen molar-refractivity contribution in [1.29, 1.82) is 0 Å². The van der Waals surface area contributed by atoms with Crippen LogP contribution in [0.3, 0.4) is 0 Å². The van der Waals surface area contributed by atoms with E-state index in [1.165, 1.54) is 30.4 Å². The Labute approximate surface area is 134 Å². The predicted molar refractivity (Wildman–Crippen MR) is 91.9 cm³/mol. The molecule has 0 heterocycles. The first kappa shape index (κ1) is 15.3. The lowest BCUT2D eigenvalue weighted by atomic mass is 9.70. The van der Waals surface area contributed by atoms with Crippen LogP contribution in [0, 0.1) is 19.8 Å². The zero-order chi connectivity index (χ0) is 15.6. The SMILES string of the molecule is Cc1ccc(C(O)(c2ccc(C)cc2)C2CCCCC2)cc1. The molecule has 1 saturated carbocycles. The maximum Gasteiger partial charge on any atom is 0.117 e. The second-order valence-corrected chi connectivity index (χ2v) is 6.83. The lowest BCUT2D eigenvalue weighted by Gasteiger charge is -2.39. The molecule has 0 bridgehead atoms. The van der Waals surface area contributed by atoms with Gasteiger partial charge in [0.05, 0.1) is 0 Å². The number of rotatable bonds is 3. The molecule has 0 amide bonds. The second-order valence-electron chi connectivity index (χ2n) is 6.83. The van der Waals surface area contributed by atoms with Crippen LogP contribution in [-0.4, -0.2) is 5.11 Å². The minimum Gasteiger partial charge on any atom is -0.380 e. The average Bonchev–Trinajstić information content (AvgIpc) is 2.56. The summed E-state index contributed by atoms with van der Waals surface area (Å²) < 4.78 is 0. The molecule has 3 rings (SSSR count). The maximum absolute atomic E-state index is 11.8. The van der Waals surface area contributed by atoms with E-state index in [9.17, 15) is 5.11 Å². The summed E-state index contributed by atoms with van der Waals surface area (Å²) in [5.41, 5.74) is 3.68. The van der Waals surface area contributed by atoms with Gasteiger partial charge < -0.3 is 5.11 Å². The molecule has 2 aromatic rings. The van der Waals surface area contributed by atoms with Crippen LogP contribution in [0.1, 0.15) is 54.4 Å². The monoisotopic (exact) mass is 294 g/mol. The summed E-state index contributed by atoms with van der Waals surface area (Å²) in [5, 5.41) is 11.8. The topological polar surface area (TPSA) is 20.2 Å². The van der Waals surface area contributed by atoms with E-state index in [0.29, 0.717) is 5.92 Å². The molecular weight excluding hydrogens is 268 g/mol. The van der Waals surface area contributed by atoms with E-state index in [2.05, 4.69) is 62.4 Å². The minimum absolute atomic E-state index is 0.312. The van der Waals surface area contributed by atoms with E-state index in [1.54, 1.807) is 0 Å². The summed E-state index contributed by atoms with van der Waals surface area (Å²) in [7, 11) is 0. The third-order valence-electron chi connectivity index (χ3n) is 5.18. The Morgan fingerprint density at radius 2 is 1.14 bits per heavy atom. The molecule has 0 unspecified atom stereocenters. The van der Waals surface area contributed by atoms with E-state index in [-0.39, 0.29) is 0 Å². The van der Waals surface area contributed by atoms with Crippen molar-refractivity contribution in [3.8, 4) is 0 Å². The molecule has 1 aliphatic carbocycles. The van der Waals surface area contributed by atoms with E-state index in [4.69, 9.17) is 0 Å². The van der Waals surface area contributed by atoms with Gasteiger partial charge in [-0.1, -0.05) is 78.9 Å². The lowest BCUT2D eigenvalue weighted by molar-refractivity contribution is -0.000727. The maximum atomic E-state index is 11.8. The first-order chi connectivity index (χ1) is 10.6. The van der Waals surface area contributed by atoms with Gasteiger partial charge in [0, 0.05) is 0 Å². The fourth-order valence-corrected chi connectivity index (χ4v) is 3.77. The smallest absolute Gasteiger partial charge is 0.117 e. The summed E-state index contributed by atoms with van der Waals surface area (Å²) in [4.78, 5) is 0. The molecule has 0 aliphatic heterocycles. The largest absolute Gasteiger partial charge is 0.380 e. The Kier molecular flexibility index (Phi) is 4.35. The van der Waals surface area contributed by atoms with Crippen molar-refractivity contribution >= 4 is 0 Å². The van der Waals surface area contributed by atoms with Crippen LogP contribution in [0.5, 0.6) is 0 Å². The van der Waals surface area contributed by atoms with Crippen molar-refractivity contribution < 1.29 is 5.11 Å². The molecule has 0 spiro atoms. The highest BCUT2D eigenvalue weighted by Crippen LogP contribution is 2.44. The van der Waals surface area contributed by atoms with Crippen LogP contribution in [0.4, 0.5) is 0 Å². The lowest BCUT2D eigenvalue weighted by Crippen LogP contribution is -2.37. The third-order valence-corrected chi connectivity index (χ3v) is 5.18. The highest BCUT2D eigenvalue weighted by Gasteiger charge is 2.40. The van der Waals surface area contributed by atoms with Gasteiger partial charge in [-0.3, -0.25) is 0 Å². The summed E-state index contributed by atoms with van der Waals surface area (Å²) in [6.45, 7) is 4.19. The van der Waals surface area contributed by atoms with Crippen LogP contribution in [0.2, 0.25) is 0 Å². The number of hydrogen-bond acceptors (Lipinski definition) is 1. The van der Waals surface area contributed by atoms with Gasteiger partial charge in [0.1, 0.15) is 5.60 Å². The third kappa shape index (κ3) is 2.83. The van der Waals surface area contributed by atoms with Gasteiger partial charge >= 0.3 is 0 Å². The number of aliphatic hydroxyl groups is 1. The van der Waals surface area contributed by atoms with Crippen molar-refractivity contribution in [2.75, 3.05) is 0 Å². The zero-order valence-corrected chi connectivity index (χ0v) is 13.7. The number of aryl methyl sites for hydroxylation is 2. The fourth-order valence-electron chi connectivity index (χ4n) is 3.77. The summed E-state index contributed by atoms with van der Waals surface area (Å²) in [6.07, 6.45) is 5.97. The highest BCUT2D eigenvalue weighted by atomic mass is 16.3. The van der Waals surface area contributed by atoms with Gasteiger partial charge in [0.15, 0.2) is 0 Å². The summed E-state index contributed by atoms with van der Waals surface area (Å²) in [5.74, 6) is 0.312. The molecule has 0 atom stereocenters. The molecule has 0 radical (unpaired) electrons. The quantitative estimate of drug-likeness (QED) is 0.833. The normalized spacial score (nSPS) is 16.7. The van der Waals surface area contributed by atoms with Gasteiger partial charge in [-0.05, 0) is 43.7 Å². The van der Waals surface area contributed by atoms with E-state index in [1.807, 2.05) is 0 Å². The van der Waals surface area contributed by atoms with Crippen LogP contribution in [-0.2, 0) is 5.60 Å². The molecule has 0 aromatic heterocycles. The minimum atomic E-state index is -0.859. The molecule has 116 valence electrons. The van der Waals surface area contributed by atoms with E-state index in [0.717, 1.165) is 24.0 Å². The van der Waals surface area contributed by atoms with E-state index >= 15 is 0 Å². The molecule has 22 heavy (non-hydrogen) atoms. The average molecular weight is 294 g/mol. The van der Waals surface area contributed by atoms with Crippen LogP contribution in [0.15, 0.2) is 48.5 Å². The standard InChI is InChI=1S/C21H26O/c1-16-8-12-19(13-9-16)21(22,18-6-4-3-5-7-18)20-14-10-17(2)11-15-20/h8-15,18,22H,3-7H2,1-2H3. The van der Waals surface area contributed by atoms with Crippen molar-refractivity contribution in [2.24, 2.45) is 5.92 Å². The molecular formula is C21H26O. The van der Waals surface area contributed by atoms with E-state index < -0.39 is 5.60 Å². The predicted octanol–water partition coefficient (Wildman–Crippen LogP) is 5.12. The number of hydrogen-bond donors (Lipinski definition) is 1. The molecule has 1 aliphatic rings. The molecule has 1 fully saturated rings. The van der Waals surface area contributed by atoms with Crippen molar-refractivity contribution in [3.63, 3.8) is 0 Å². The van der Waals surface area contributed by atoms with Crippen molar-refractivity contribution in [1.82, 2.24) is 0 Å². The van der Waals surface area contributed by atoms with Gasteiger partial charge in [0.25, 0.3) is 0 Å². The van der Waals surface area contributed by atoms with Crippen LogP contribution >= 0.6 is 0 Å². The van der Waals surface area contributed by atoms with Crippen LogP contribution < -0.4 is 0 Å². The first-order valence-corrected chi connectivity index (χ1v) is 8.47.